The molecule has 1 aromatic heterocycles. The Morgan fingerprint density at radius 2 is 1.41 bits per heavy atom. The molecule has 5 aromatic rings. The Bertz CT molecular complexity index is 1790. The number of sulfonamides is 1. The van der Waals surface area contributed by atoms with E-state index in [4.69, 9.17) is 9.47 Å². The summed E-state index contributed by atoms with van der Waals surface area (Å²) in [5, 5.41) is 0. The van der Waals surface area contributed by atoms with Crippen LogP contribution in [0.5, 0.6) is 11.5 Å². The van der Waals surface area contributed by atoms with Crippen LogP contribution >= 0.6 is 0 Å². The lowest BCUT2D eigenvalue weighted by molar-refractivity contribution is -0.133. The van der Waals surface area contributed by atoms with Gasteiger partial charge >= 0.3 is 0 Å². The second-order valence-corrected chi connectivity index (χ2v) is 12.7. The van der Waals surface area contributed by atoms with Gasteiger partial charge in [0.1, 0.15) is 18.1 Å². The van der Waals surface area contributed by atoms with E-state index < -0.39 is 10.0 Å². The normalized spacial score (nSPS) is 13.3. The van der Waals surface area contributed by atoms with Gasteiger partial charge in [0.05, 0.1) is 29.1 Å². The van der Waals surface area contributed by atoms with E-state index in [2.05, 4.69) is 14.9 Å². The lowest BCUT2D eigenvalue weighted by Crippen LogP contribution is -2.50. The van der Waals surface area contributed by atoms with E-state index in [9.17, 15) is 13.2 Å². The summed E-state index contributed by atoms with van der Waals surface area (Å²) in [4.78, 5) is 24.1. The highest BCUT2D eigenvalue weighted by atomic mass is 32.2. The summed E-state index contributed by atoms with van der Waals surface area (Å²) in [6.07, 6.45) is 3.15. The van der Waals surface area contributed by atoms with Gasteiger partial charge in [0.2, 0.25) is 0 Å². The number of hydrogen-bond acceptors (Lipinski definition) is 7. The van der Waals surface area contributed by atoms with E-state index in [-0.39, 0.29) is 24.0 Å². The molecule has 0 unspecified atom stereocenters. The topological polar surface area (TPSA) is 108 Å². The molecule has 0 atom stereocenters. The summed E-state index contributed by atoms with van der Waals surface area (Å²) in [7, 11) is -3.82. The summed E-state index contributed by atoms with van der Waals surface area (Å²) in [6, 6.07) is 33.1. The Kier molecular flexibility index (Phi) is 9.49. The SMILES string of the molecule is O=C(COc1ccc(OCc2ccccc2)cc1)N1CCN(c2ccc(N(Cc3cnc[nH]3)S(=O)(=O)c3ccccc3)cc2)CC1. The fourth-order valence-corrected chi connectivity index (χ4v) is 6.68. The quantitative estimate of drug-likeness (QED) is 0.203. The number of benzene rings is 4. The summed E-state index contributed by atoms with van der Waals surface area (Å²) in [6.45, 7) is 2.98. The van der Waals surface area contributed by atoms with Gasteiger partial charge in [-0.3, -0.25) is 9.10 Å². The predicted octanol–water partition coefficient (Wildman–Crippen LogP) is 5.11. The number of nitrogens with zero attached hydrogens (tertiary/aromatic N) is 4. The van der Waals surface area contributed by atoms with Gasteiger partial charge in [0.15, 0.2) is 6.61 Å². The zero-order valence-electron chi connectivity index (χ0n) is 25.2. The van der Waals surface area contributed by atoms with E-state index in [1.165, 1.54) is 10.6 Å². The number of carbonyl (C=O) groups is 1. The van der Waals surface area contributed by atoms with Crippen LogP contribution in [0.15, 0.2) is 127 Å². The molecule has 1 N–H and O–H groups in total. The lowest BCUT2D eigenvalue weighted by atomic mass is 10.2. The second kappa shape index (κ2) is 14.2. The molecule has 1 amide bonds. The molecule has 11 heteroatoms. The molecular formula is C35H35N5O5S. The number of H-pyrrole nitrogens is 1. The Labute approximate surface area is 268 Å². The Hall–Kier alpha value is -5.29. The zero-order chi connectivity index (χ0) is 31.8. The number of rotatable bonds is 12. The molecule has 0 spiro atoms. The van der Waals surface area contributed by atoms with E-state index in [0.717, 1.165) is 17.0 Å². The number of imidazole rings is 1. The summed E-state index contributed by atoms with van der Waals surface area (Å²) in [5.74, 6) is 1.27. The van der Waals surface area contributed by atoms with E-state index in [1.54, 1.807) is 53.6 Å². The Balaban J connectivity index is 1.01. The fraction of sp³-hybridized carbons (Fsp3) is 0.200. The largest absolute Gasteiger partial charge is 0.489 e. The smallest absolute Gasteiger partial charge is 0.264 e. The first-order chi connectivity index (χ1) is 22.5. The molecule has 10 nitrogen and oxygen atoms in total. The summed E-state index contributed by atoms with van der Waals surface area (Å²) >= 11 is 0. The number of aromatic amines is 1. The van der Waals surface area contributed by atoms with Crippen molar-refractivity contribution in [2.75, 3.05) is 42.0 Å². The van der Waals surface area contributed by atoms with Crippen LogP contribution in [0, 0.1) is 0 Å². The first-order valence-corrected chi connectivity index (χ1v) is 16.5. The van der Waals surface area contributed by atoms with E-state index in [1.807, 2.05) is 66.7 Å². The van der Waals surface area contributed by atoms with Crippen LogP contribution in [0.3, 0.4) is 0 Å². The van der Waals surface area contributed by atoms with Crippen LogP contribution in [-0.4, -0.2) is 62.0 Å². The number of carbonyl (C=O) groups excluding carboxylic acids is 1. The van der Waals surface area contributed by atoms with Crippen molar-refractivity contribution in [2.45, 2.75) is 18.0 Å². The molecular weight excluding hydrogens is 602 g/mol. The highest BCUT2D eigenvalue weighted by Crippen LogP contribution is 2.28. The molecule has 0 bridgehead atoms. The average Bonchev–Trinajstić information content (AvgIpc) is 3.64. The molecule has 0 aliphatic carbocycles. The Morgan fingerprint density at radius 3 is 2.04 bits per heavy atom. The summed E-state index contributed by atoms with van der Waals surface area (Å²) in [5.41, 5.74) is 3.27. The van der Waals surface area contributed by atoms with Crippen molar-refractivity contribution in [1.29, 1.82) is 0 Å². The van der Waals surface area contributed by atoms with Gasteiger partial charge < -0.3 is 24.3 Å². The number of ether oxygens (including phenoxy) is 2. The number of amides is 1. The van der Waals surface area contributed by atoms with E-state index in [0.29, 0.717) is 49.9 Å². The summed E-state index contributed by atoms with van der Waals surface area (Å²) < 4.78 is 40.2. The average molecular weight is 638 g/mol. The maximum Gasteiger partial charge on any atom is 0.264 e. The van der Waals surface area contributed by atoms with Gasteiger partial charge in [-0.1, -0.05) is 48.5 Å². The number of nitrogens with one attached hydrogen (secondary N) is 1. The molecule has 1 aliphatic heterocycles. The van der Waals surface area contributed by atoms with Crippen LogP contribution in [0.25, 0.3) is 0 Å². The van der Waals surface area contributed by atoms with Crippen molar-refractivity contribution in [2.24, 2.45) is 0 Å². The third-order valence-corrected chi connectivity index (χ3v) is 9.56. The second-order valence-electron chi connectivity index (χ2n) is 10.8. The van der Waals surface area contributed by atoms with Crippen molar-refractivity contribution >= 4 is 27.3 Å². The highest BCUT2D eigenvalue weighted by Gasteiger charge is 2.26. The van der Waals surface area contributed by atoms with Crippen molar-refractivity contribution in [3.05, 3.63) is 133 Å². The molecule has 0 saturated carbocycles. The maximum absolute atomic E-state index is 13.6. The van der Waals surface area contributed by atoms with Crippen LogP contribution in [0.4, 0.5) is 11.4 Å². The van der Waals surface area contributed by atoms with Crippen LogP contribution in [-0.2, 0) is 28.0 Å². The lowest BCUT2D eigenvalue weighted by Gasteiger charge is -2.36. The minimum Gasteiger partial charge on any atom is -0.489 e. The van der Waals surface area contributed by atoms with Gasteiger partial charge in [-0.25, -0.2) is 13.4 Å². The fourth-order valence-electron chi connectivity index (χ4n) is 5.21. The van der Waals surface area contributed by atoms with Crippen molar-refractivity contribution in [1.82, 2.24) is 14.9 Å². The minimum absolute atomic E-state index is 0.0407. The van der Waals surface area contributed by atoms with Crippen molar-refractivity contribution in [3.8, 4) is 11.5 Å². The Morgan fingerprint density at radius 1 is 0.783 bits per heavy atom. The highest BCUT2D eigenvalue weighted by molar-refractivity contribution is 7.92. The number of anilines is 2. The molecule has 46 heavy (non-hydrogen) atoms. The number of piperazine rings is 1. The third-order valence-electron chi connectivity index (χ3n) is 7.77. The van der Waals surface area contributed by atoms with Gasteiger partial charge in [0, 0.05) is 38.1 Å². The first-order valence-electron chi connectivity index (χ1n) is 15.0. The van der Waals surface area contributed by atoms with Crippen molar-refractivity contribution < 1.29 is 22.7 Å². The standard InChI is InChI=1S/C35H35N5O5S/c41-35(26-45-33-17-15-32(16-18-33)44-25-28-7-3-1-4-8-28)39-21-19-38(20-22-39)30-11-13-31(14-12-30)40(24-29-23-36-27-37-29)46(42,43)34-9-5-2-6-10-34/h1-18,23,27H,19-22,24-26H2,(H,36,37). The van der Waals surface area contributed by atoms with Crippen molar-refractivity contribution in [3.63, 3.8) is 0 Å². The monoisotopic (exact) mass is 637 g/mol. The zero-order valence-corrected chi connectivity index (χ0v) is 26.1. The van der Waals surface area contributed by atoms with Gasteiger partial charge in [-0.2, -0.15) is 0 Å². The van der Waals surface area contributed by atoms with E-state index >= 15 is 0 Å². The minimum atomic E-state index is -3.82. The number of hydrogen-bond donors (Lipinski definition) is 1. The maximum atomic E-state index is 13.6. The molecule has 1 saturated heterocycles. The number of aromatic nitrogens is 2. The first kappa shape index (κ1) is 30.7. The molecule has 236 valence electrons. The predicted molar refractivity (Wildman–Crippen MR) is 176 cm³/mol. The van der Waals surface area contributed by atoms with Crippen LogP contribution in [0.2, 0.25) is 0 Å². The van der Waals surface area contributed by atoms with Crippen LogP contribution in [0.1, 0.15) is 11.3 Å². The van der Waals surface area contributed by atoms with Gasteiger partial charge in [-0.05, 0) is 66.2 Å². The van der Waals surface area contributed by atoms with Crippen LogP contribution < -0.4 is 18.7 Å². The van der Waals surface area contributed by atoms with Gasteiger partial charge in [0.25, 0.3) is 15.9 Å². The van der Waals surface area contributed by atoms with Gasteiger partial charge in [-0.15, -0.1) is 0 Å². The molecule has 4 aromatic carbocycles. The molecule has 1 aliphatic rings. The molecule has 6 rings (SSSR count). The molecule has 0 radical (unpaired) electrons. The third kappa shape index (κ3) is 7.49. The molecule has 2 heterocycles. The molecule has 1 fully saturated rings.